The maximum Gasteiger partial charge on any atom is 0.337 e. The second-order valence-corrected chi connectivity index (χ2v) is 6.80. The summed E-state index contributed by atoms with van der Waals surface area (Å²) < 4.78 is 28.1. The SMILES string of the molecule is Cn1ncnc1NS(=O)(=O)c1cc(Br)c(Cl)c(C(=O)O)c1. The summed E-state index contributed by atoms with van der Waals surface area (Å²) in [6, 6.07) is 2.17. The van der Waals surface area contributed by atoms with Crippen LogP contribution in [0, 0.1) is 0 Å². The van der Waals surface area contributed by atoms with Gasteiger partial charge < -0.3 is 5.11 Å². The average Bonchev–Trinajstić information content (AvgIpc) is 2.77. The number of anilines is 1. The Morgan fingerprint density at radius 3 is 2.67 bits per heavy atom. The highest BCUT2D eigenvalue weighted by Gasteiger charge is 2.22. The molecule has 0 aliphatic rings. The van der Waals surface area contributed by atoms with Crippen molar-refractivity contribution in [3.8, 4) is 0 Å². The molecule has 1 aromatic heterocycles. The van der Waals surface area contributed by atoms with Gasteiger partial charge in [0.15, 0.2) is 0 Å². The fourth-order valence-electron chi connectivity index (χ4n) is 1.44. The molecule has 1 aromatic carbocycles. The first-order valence-corrected chi connectivity index (χ1v) is 7.97. The number of benzene rings is 1. The molecule has 8 nitrogen and oxygen atoms in total. The number of aromatic nitrogens is 3. The lowest BCUT2D eigenvalue weighted by atomic mass is 10.2. The van der Waals surface area contributed by atoms with E-state index in [2.05, 4.69) is 30.7 Å². The van der Waals surface area contributed by atoms with E-state index in [-0.39, 0.29) is 25.9 Å². The van der Waals surface area contributed by atoms with Gasteiger partial charge in [0.2, 0.25) is 5.95 Å². The van der Waals surface area contributed by atoms with Gasteiger partial charge in [0, 0.05) is 11.5 Å². The van der Waals surface area contributed by atoms with Crippen molar-refractivity contribution < 1.29 is 18.3 Å². The number of carbonyl (C=O) groups is 1. The zero-order valence-corrected chi connectivity index (χ0v) is 13.6. The van der Waals surface area contributed by atoms with Crippen LogP contribution in [0.15, 0.2) is 27.8 Å². The quantitative estimate of drug-likeness (QED) is 0.815. The van der Waals surface area contributed by atoms with Crippen molar-refractivity contribution in [1.29, 1.82) is 0 Å². The monoisotopic (exact) mass is 394 g/mol. The Labute approximate surface area is 132 Å². The Bertz CT molecular complexity index is 820. The number of nitrogens with zero attached hydrogens (tertiary/aromatic N) is 3. The minimum atomic E-state index is -4.03. The summed E-state index contributed by atoms with van der Waals surface area (Å²) in [6.07, 6.45) is 1.18. The highest BCUT2D eigenvalue weighted by Crippen LogP contribution is 2.30. The minimum Gasteiger partial charge on any atom is -0.478 e. The van der Waals surface area contributed by atoms with E-state index in [1.54, 1.807) is 0 Å². The normalized spacial score (nSPS) is 11.4. The first kappa shape index (κ1) is 15.7. The van der Waals surface area contributed by atoms with E-state index in [4.69, 9.17) is 16.7 Å². The topological polar surface area (TPSA) is 114 Å². The predicted octanol–water partition coefficient (Wildman–Crippen LogP) is 1.73. The average molecular weight is 396 g/mol. The van der Waals surface area contributed by atoms with Crippen LogP contribution >= 0.6 is 27.5 Å². The second kappa shape index (κ2) is 5.62. The number of rotatable bonds is 4. The molecule has 0 saturated heterocycles. The number of halogens is 2. The maximum absolute atomic E-state index is 12.2. The summed E-state index contributed by atoms with van der Waals surface area (Å²) in [5.41, 5.74) is -0.329. The van der Waals surface area contributed by atoms with E-state index in [0.717, 1.165) is 6.07 Å². The molecule has 0 saturated carbocycles. The van der Waals surface area contributed by atoms with Gasteiger partial charge in [-0.3, -0.25) is 0 Å². The third-order valence-electron chi connectivity index (χ3n) is 2.48. The van der Waals surface area contributed by atoms with Crippen LogP contribution in [0.5, 0.6) is 0 Å². The Kier molecular flexibility index (Phi) is 4.21. The highest BCUT2D eigenvalue weighted by atomic mass is 79.9. The molecule has 0 fully saturated rings. The fourth-order valence-corrected chi connectivity index (χ4v) is 3.33. The van der Waals surface area contributed by atoms with Gasteiger partial charge in [0.05, 0.1) is 15.5 Å². The summed E-state index contributed by atoms with van der Waals surface area (Å²) in [4.78, 5) is 14.5. The van der Waals surface area contributed by atoms with Crippen LogP contribution in [0.2, 0.25) is 5.02 Å². The Hall–Kier alpha value is -1.65. The van der Waals surface area contributed by atoms with Gasteiger partial charge in [-0.1, -0.05) is 11.6 Å². The van der Waals surface area contributed by atoms with E-state index in [1.807, 2.05) is 0 Å². The zero-order chi connectivity index (χ0) is 15.8. The van der Waals surface area contributed by atoms with Crippen LogP contribution in [0.1, 0.15) is 10.4 Å². The molecular weight excluding hydrogens is 388 g/mol. The first-order valence-electron chi connectivity index (χ1n) is 5.31. The number of aromatic carboxylic acids is 1. The molecule has 21 heavy (non-hydrogen) atoms. The van der Waals surface area contributed by atoms with Gasteiger partial charge >= 0.3 is 5.97 Å². The Balaban J connectivity index is 2.50. The van der Waals surface area contributed by atoms with Crippen LogP contribution in [0.3, 0.4) is 0 Å². The molecule has 1 heterocycles. The van der Waals surface area contributed by atoms with Crippen LogP contribution in [-0.4, -0.2) is 34.3 Å². The third-order valence-corrected chi connectivity index (χ3v) is 5.05. The lowest BCUT2D eigenvalue weighted by Gasteiger charge is -2.09. The van der Waals surface area contributed by atoms with Crippen LogP contribution in [-0.2, 0) is 17.1 Å². The summed E-state index contributed by atoms with van der Waals surface area (Å²) in [6.45, 7) is 0. The lowest BCUT2D eigenvalue weighted by Crippen LogP contribution is -2.17. The van der Waals surface area contributed by atoms with Crippen molar-refractivity contribution in [2.75, 3.05) is 4.72 Å². The predicted molar refractivity (Wildman–Crippen MR) is 77.9 cm³/mol. The lowest BCUT2D eigenvalue weighted by molar-refractivity contribution is 0.0696. The van der Waals surface area contributed by atoms with Gasteiger partial charge in [-0.05, 0) is 28.1 Å². The second-order valence-electron chi connectivity index (χ2n) is 3.88. The van der Waals surface area contributed by atoms with Crippen molar-refractivity contribution >= 4 is 49.5 Å². The van der Waals surface area contributed by atoms with Crippen molar-refractivity contribution in [2.45, 2.75) is 4.90 Å². The zero-order valence-electron chi connectivity index (χ0n) is 10.4. The van der Waals surface area contributed by atoms with Crippen molar-refractivity contribution in [2.24, 2.45) is 7.05 Å². The molecule has 0 aliphatic carbocycles. The molecule has 0 bridgehead atoms. The summed E-state index contributed by atoms with van der Waals surface area (Å²) in [5.74, 6) is -1.34. The van der Waals surface area contributed by atoms with E-state index in [1.165, 1.54) is 24.1 Å². The molecule has 112 valence electrons. The summed E-state index contributed by atoms with van der Waals surface area (Å²) in [7, 11) is -2.52. The number of carboxylic acid groups (broad SMARTS) is 1. The standard InChI is InChI=1S/C10H8BrClN4O4S/c1-16-10(13-4-14-16)15-21(19,20)5-2-6(9(17)18)8(12)7(11)3-5/h2-4H,1H3,(H,17,18)(H,13,14,15). The van der Waals surface area contributed by atoms with Gasteiger partial charge in [-0.25, -0.2) is 22.6 Å². The van der Waals surface area contributed by atoms with Gasteiger partial charge in [0.1, 0.15) is 6.33 Å². The smallest absolute Gasteiger partial charge is 0.337 e. The molecule has 0 aliphatic heterocycles. The largest absolute Gasteiger partial charge is 0.478 e. The number of hydrogen-bond acceptors (Lipinski definition) is 5. The fraction of sp³-hybridized carbons (Fsp3) is 0.100. The molecule has 0 radical (unpaired) electrons. The molecular formula is C10H8BrClN4O4S. The summed E-state index contributed by atoms with van der Waals surface area (Å²) in [5, 5.41) is 12.7. The first-order chi connectivity index (χ1) is 9.72. The molecule has 2 rings (SSSR count). The number of sulfonamides is 1. The highest BCUT2D eigenvalue weighted by molar-refractivity contribution is 9.10. The molecule has 11 heteroatoms. The van der Waals surface area contributed by atoms with Crippen molar-refractivity contribution in [3.05, 3.63) is 33.5 Å². The van der Waals surface area contributed by atoms with Crippen molar-refractivity contribution in [3.63, 3.8) is 0 Å². The number of aryl methyl sites for hydroxylation is 1. The number of carboxylic acids is 1. The number of hydrogen-bond donors (Lipinski definition) is 2. The van der Waals surface area contributed by atoms with Crippen LogP contribution < -0.4 is 4.72 Å². The summed E-state index contributed by atoms with van der Waals surface area (Å²) >= 11 is 8.84. The van der Waals surface area contributed by atoms with Crippen LogP contribution in [0.4, 0.5) is 5.95 Å². The molecule has 2 N–H and O–H groups in total. The molecule has 0 unspecified atom stereocenters. The van der Waals surface area contributed by atoms with E-state index >= 15 is 0 Å². The van der Waals surface area contributed by atoms with Gasteiger partial charge in [0.25, 0.3) is 10.0 Å². The minimum absolute atomic E-state index is 0.00190. The maximum atomic E-state index is 12.2. The molecule has 2 aromatic rings. The van der Waals surface area contributed by atoms with E-state index in [0.29, 0.717) is 0 Å². The Morgan fingerprint density at radius 1 is 1.48 bits per heavy atom. The molecule has 0 amide bonds. The van der Waals surface area contributed by atoms with Crippen molar-refractivity contribution in [1.82, 2.24) is 14.8 Å². The molecule has 0 spiro atoms. The van der Waals surface area contributed by atoms with E-state index in [9.17, 15) is 13.2 Å². The number of nitrogens with one attached hydrogen (secondary N) is 1. The Morgan fingerprint density at radius 2 is 2.14 bits per heavy atom. The molecule has 0 atom stereocenters. The van der Waals surface area contributed by atoms with Crippen LogP contribution in [0.25, 0.3) is 0 Å². The third kappa shape index (κ3) is 3.17. The van der Waals surface area contributed by atoms with Gasteiger partial charge in [-0.15, -0.1) is 0 Å². The van der Waals surface area contributed by atoms with Gasteiger partial charge in [-0.2, -0.15) is 10.1 Å². The van der Waals surface area contributed by atoms with E-state index < -0.39 is 16.0 Å².